The van der Waals surface area contributed by atoms with Crippen molar-refractivity contribution in [3.63, 3.8) is 0 Å². The van der Waals surface area contributed by atoms with E-state index in [9.17, 15) is 0 Å². The van der Waals surface area contributed by atoms with E-state index in [1.54, 1.807) is 17.6 Å². The molecular formula is C12H16N2OS2. The van der Waals surface area contributed by atoms with Crippen molar-refractivity contribution < 1.29 is 4.42 Å². The van der Waals surface area contributed by atoms with Crippen molar-refractivity contribution in [3.8, 4) is 10.8 Å². The Morgan fingerprint density at radius 2 is 2.47 bits per heavy atom. The molecule has 0 aliphatic carbocycles. The number of hydrogen-bond donors (Lipinski definition) is 1. The van der Waals surface area contributed by atoms with Crippen molar-refractivity contribution in [1.29, 1.82) is 0 Å². The van der Waals surface area contributed by atoms with Crippen LogP contribution in [0.5, 0.6) is 0 Å². The molecule has 0 saturated heterocycles. The van der Waals surface area contributed by atoms with Gasteiger partial charge in [0.2, 0.25) is 0 Å². The highest BCUT2D eigenvalue weighted by Crippen LogP contribution is 2.27. The Morgan fingerprint density at radius 3 is 3.18 bits per heavy atom. The summed E-state index contributed by atoms with van der Waals surface area (Å²) in [5.74, 6) is 1.79. The molecule has 1 unspecified atom stereocenters. The molecule has 0 spiro atoms. The minimum Gasteiger partial charge on any atom is -0.462 e. The predicted molar refractivity (Wildman–Crippen MR) is 74.2 cm³/mol. The lowest BCUT2D eigenvalue weighted by Gasteiger charge is -2.07. The normalized spacial score (nSPS) is 12.8. The minimum absolute atomic E-state index is 0.591. The van der Waals surface area contributed by atoms with Gasteiger partial charge in [-0.05, 0) is 25.1 Å². The molecule has 0 aromatic carbocycles. The van der Waals surface area contributed by atoms with Gasteiger partial charge in [0.05, 0.1) is 12.0 Å². The average molecular weight is 268 g/mol. The van der Waals surface area contributed by atoms with Gasteiger partial charge in [-0.2, -0.15) is 11.8 Å². The Balaban J connectivity index is 1.91. The van der Waals surface area contributed by atoms with Crippen molar-refractivity contribution in [2.24, 2.45) is 5.73 Å². The van der Waals surface area contributed by atoms with E-state index in [0.29, 0.717) is 5.25 Å². The summed E-state index contributed by atoms with van der Waals surface area (Å²) >= 11 is 3.53. The highest BCUT2D eigenvalue weighted by molar-refractivity contribution is 7.99. The zero-order chi connectivity index (χ0) is 12.1. The zero-order valence-corrected chi connectivity index (χ0v) is 11.4. The third-order valence-electron chi connectivity index (χ3n) is 2.37. The second kappa shape index (κ2) is 6.23. The fourth-order valence-electron chi connectivity index (χ4n) is 1.43. The van der Waals surface area contributed by atoms with E-state index < -0.39 is 0 Å². The number of nitrogens with two attached hydrogens (primary N) is 1. The maximum atomic E-state index is 5.53. The molecule has 2 rings (SSSR count). The number of furan rings is 1. The van der Waals surface area contributed by atoms with Crippen molar-refractivity contribution in [2.45, 2.75) is 24.3 Å². The van der Waals surface area contributed by atoms with E-state index in [1.165, 1.54) is 0 Å². The molecule has 2 aromatic rings. The Kier molecular flexibility index (Phi) is 4.65. The first-order valence-electron chi connectivity index (χ1n) is 5.59. The van der Waals surface area contributed by atoms with Gasteiger partial charge in [-0.1, -0.05) is 6.92 Å². The van der Waals surface area contributed by atoms with E-state index in [4.69, 9.17) is 10.2 Å². The van der Waals surface area contributed by atoms with Gasteiger partial charge in [-0.25, -0.2) is 4.98 Å². The lowest BCUT2D eigenvalue weighted by Crippen LogP contribution is -2.07. The van der Waals surface area contributed by atoms with Crippen LogP contribution in [0.15, 0.2) is 28.2 Å². The number of thioether (sulfide) groups is 1. The first-order chi connectivity index (χ1) is 8.29. The standard InChI is InChI=1S/C12H16N2OS2/c1-9(4-5-13)16-7-10-8-17-12(14-10)11-3-2-6-15-11/h2-3,6,8-9H,4-5,7,13H2,1H3. The van der Waals surface area contributed by atoms with Crippen LogP contribution in [0.3, 0.4) is 0 Å². The van der Waals surface area contributed by atoms with E-state index >= 15 is 0 Å². The van der Waals surface area contributed by atoms with Gasteiger partial charge in [-0.3, -0.25) is 0 Å². The second-order valence-electron chi connectivity index (χ2n) is 3.82. The lowest BCUT2D eigenvalue weighted by atomic mass is 10.3. The van der Waals surface area contributed by atoms with Crippen LogP contribution in [0.25, 0.3) is 10.8 Å². The molecule has 0 aliphatic heterocycles. The molecule has 0 radical (unpaired) electrons. The average Bonchev–Trinajstić information content (AvgIpc) is 2.97. The molecule has 17 heavy (non-hydrogen) atoms. The van der Waals surface area contributed by atoms with Gasteiger partial charge < -0.3 is 10.2 Å². The molecule has 2 heterocycles. The van der Waals surface area contributed by atoms with Crippen molar-refractivity contribution in [1.82, 2.24) is 4.98 Å². The molecule has 2 N–H and O–H groups in total. The molecule has 0 amide bonds. The summed E-state index contributed by atoms with van der Waals surface area (Å²) < 4.78 is 5.32. The van der Waals surface area contributed by atoms with Gasteiger partial charge in [0.1, 0.15) is 0 Å². The quantitative estimate of drug-likeness (QED) is 0.872. The van der Waals surface area contributed by atoms with E-state index in [2.05, 4.69) is 17.3 Å². The van der Waals surface area contributed by atoms with Gasteiger partial charge in [0.25, 0.3) is 0 Å². The van der Waals surface area contributed by atoms with Crippen LogP contribution in [-0.4, -0.2) is 16.8 Å². The topological polar surface area (TPSA) is 52.0 Å². The van der Waals surface area contributed by atoms with Gasteiger partial charge in [-0.15, -0.1) is 11.3 Å². The SMILES string of the molecule is CC(CCN)SCc1csc(-c2ccco2)n1. The van der Waals surface area contributed by atoms with Crippen molar-refractivity contribution in [2.75, 3.05) is 6.54 Å². The second-order valence-corrected chi connectivity index (χ2v) is 6.11. The maximum absolute atomic E-state index is 5.53. The Bertz CT molecular complexity index is 439. The predicted octanol–water partition coefficient (Wildman–Crippen LogP) is 3.37. The summed E-state index contributed by atoms with van der Waals surface area (Å²) in [4.78, 5) is 4.56. The molecule has 5 heteroatoms. The first kappa shape index (κ1) is 12.7. The van der Waals surface area contributed by atoms with Crippen molar-refractivity contribution in [3.05, 3.63) is 29.5 Å². The molecule has 0 saturated carbocycles. The number of aromatic nitrogens is 1. The summed E-state index contributed by atoms with van der Waals surface area (Å²) in [7, 11) is 0. The van der Waals surface area contributed by atoms with Gasteiger partial charge >= 0.3 is 0 Å². The molecule has 0 aliphatic rings. The molecule has 3 nitrogen and oxygen atoms in total. The highest BCUT2D eigenvalue weighted by Gasteiger charge is 2.08. The fraction of sp³-hybridized carbons (Fsp3) is 0.417. The molecule has 2 aromatic heterocycles. The summed E-state index contributed by atoms with van der Waals surface area (Å²) in [5, 5.41) is 3.64. The minimum atomic E-state index is 0.591. The molecule has 0 fully saturated rings. The number of nitrogens with zero attached hydrogens (tertiary/aromatic N) is 1. The third kappa shape index (κ3) is 3.59. The smallest absolute Gasteiger partial charge is 0.162 e. The summed E-state index contributed by atoms with van der Waals surface area (Å²) in [5.41, 5.74) is 6.65. The maximum Gasteiger partial charge on any atom is 0.162 e. The van der Waals surface area contributed by atoms with Crippen molar-refractivity contribution >= 4 is 23.1 Å². The number of rotatable bonds is 6. The summed E-state index contributed by atoms with van der Waals surface area (Å²) in [6.07, 6.45) is 2.73. The number of thiazole rings is 1. The lowest BCUT2D eigenvalue weighted by molar-refractivity contribution is 0.581. The first-order valence-corrected chi connectivity index (χ1v) is 7.52. The largest absolute Gasteiger partial charge is 0.462 e. The Labute approximate surface area is 109 Å². The van der Waals surface area contributed by atoms with Crippen LogP contribution >= 0.6 is 23.1 Å². The number of hydrogen-bond acceptors (Lipinski definition) is 5. The van der Waals surface area contributed by atoms with Crippen LogP contribution in [0.4, 0.5) is 0 Å². The molecule has 92 valence electrons. The van der Waals surface area contributed by atoms with E-state index in [0.717, 1.165) is 35.2 Å². The van der Waals surface area contributed by atoms with Gasteiger partial charge in [0.15, 0.2) is 10.8 Å². The highest BCUT2D eigenvalue weighted by atomic mass is 32.2. The molecule has 0 bridgehead atoms. The molecular weight excluding hydrogens is 252 g/mol. The van der Waals surface area contributed by atoms with E-state index in [1.807, 2.05) is 23.9 Å². The summed E-state index contributed by atoms with van der Waals surface area (Å²) in [6.45, 7) is 2.96. The van der Waals surface area contributed by atoms with Crippen LogP contribution in [0, 0.1) is 0 Å². The monoisotopic (exact) mass is 268 g/mol. The zero-order valence-electron chi connectivity index (χ0n) is 9.76. The molecule has 1 atom stereocenters. The van der Waals surface area contributed by atoms with Crippen LogP contribution in [-0.2, 0) is 5.75 Å². The third-order valence-corrected chi connectivity index (χ3v) is 4.55. The van der Waals surface area contributed by atoms with E-state index in [-0.39, 0.29) is 0 Å². The summed E-state index contributed by atoms with van der Waals surface area (Å²) in [6, 6.07) is 3.82. The fourth-order valence-corrected chi connectivity index (χ4v) is 3.23. The van der Waals surface area contributed by atoms with Crippen LogP contribution in [0.1, 0.15) is 19.0 Å². The Hall–Kier alpha value is -0.780. The Morgan fingerprint density at radius 1 is 1.59 bits per heavy atom. The van der Waals surface area contributed by atoms with Crippen LogP contribution < -0.4 is 5.73 Å². The van der Waals surface area contributed by atoms with Gasteiger partial charge in [0, 0.05) is 16.4 Å². The van der Waals surface area contributed by atoms with Crippen LogP contribution in [0.2, 0.25) is 0 Å².